The fraction of sp³-hybridized carbons (Fsp3) is 0.667. The summed E-state index contributed by atoms with van der Waals surface area (Å²) in [6.45, 7) is 3.82. The number of nitrogens with zero attached hydrogens (tertiary/aromatic N) is 1. The molecule has 0 aliphatic heterocycles. The van der Waals surface area contributed by atoms with Gasteiger partial charge in [-0.1, -0.05) is 11.6 Å². The molecule has 0 aliphatic carbocycles. The van der Waals surface area contributed by atoms with Crippen LogP contribution in [0, 0.1) is 0 Å². The summed E-state index contributed by atoms with van der Waals surface area (Å²) in [7, 11) is 2.07. The van der Waals surface area contributed by atoms with E-state index in [2.05, 4.69) is 9.47 Å². The molecule has 0 saturated heterocycles. The zero-order valence-electron chi connectivity index (χ0n) is 11.8. The van der Waals surface area contributed by atoms with Gasteiger partial charge in [0.05, 0.1) is 7.11 Å². The number of carbonyl (C=O) groups is 2. The number of rotatable bonds is 5. The molecule has 20 heavy (non-hydrogen) atoms. The van der Waals surface area contributed by atoms with Crippen LogP contribution in [0.4, 0.5) is 18.0 Å². The van der Waals surface area contributed by atoms with E-state index in [0.717, 1.165) is 17.6 Å². The van der Waals surface area contributed by atoms with Crippen LogP contribution in [0.5, 0.6) is 0 Å². The van der Waals surface area contributed by atoms with Crippen LogP contribution >= 0.6 is 0 Å². The SMILES string of the molecule is CC=C(C)CCN(C)C(=O)OC(C(=O)OC)C(F)(F)F. The maximum absolute atomic E-state index is 12.5. The lowest BCUT2D eigenvalue weighted by Crippen LogP contribution is -2.44. The number of alkyl halides is 3. The van der Waals surface area contributed by atoms with E-state index in [9.17, 15) is 22.8 Å². The van der Waals surface area contributed by atoms with Crippen molar-refractivity contribution in [1.82, 2.24) is 4.90 Å². The van der Waals surface area contributed by atoms with Gasteiger partial charge < -0.3 is 14.4 Å². The minimum Gasteiger partial charge on any atom is -0.466 e. The van der Waals surface area contributed by atoms with Crippen LogP contribution in [0.15, 0.2) is 11.6 Å². The third-order valence-corrected chi connectivity index (χ3v) is 2.58. The van der Waals surface area contributed by atoms with Gasteiger partial charge in [-0.15, -0.1) is 0 Å². The highest BCUT2D eigenvalue weighted by Gasteiger charge is 2.49. The second kappa shape index (κ2) is 7.76. The van der Waals surface area contributed by atoms with Crippen LogP contribution < -0.4 is 0 Å². The van der Waals surface area contributed by atoms with E-state index in [1.807, 2.05) is 19.9 Å². The van der Waals surface area contributed by atoms with Crippen molar-refractivity contribution in [1.29, 1.82) is 0 Å². The molecular formula is C12H18F3NO4. The molecule has 8 heteroatoms. The maximum atomic E-state index is 12.5. The van der Waals surface area contributed by atoms with Gasteiger partial charge in [-0.25, -0.2) is 9.59 Å². The van der Waals surface area contributed by atoms with Gasteiger partial charge in [-0.05, 0) is 20.3 Å². The summed E-state index contributed by atoms with van der Waals surface area (Å²) in [6, 6.07) is 0. The van der Waals surface area contributed by atoms with E-state index >= 15 is 0 Å². The van der Waals surface area contributed by atoms with E-state index in [0.29, 0.717) is 6.42 Å². The quantitative estimate of drug-likeness (QED) is 0.578. The second-order valence-corrected chi connectivity index (χ2v) is 4.14. The van der Waals surface area contributed by atoms with Crippen molar-refractivity contribution in [2.45, 2.75) is 32.5 Å². The number of hydrogen-bond donors (Lipinski definition) is 0. The molecule has 0 radical (unpaired) electrons. The minimum atomic E-state index is -5.01. The molecule has 0 aliphatic rings. The Morgan fingerprint density at radius 1 is 1.35 bits per heavy atom. The Balaban J connectivity index is 4.64. The number of methoxy groups -OCH3 is 1. The Morgan fingerprint density at radius 2 is 1.90 bits per heavy atom. The van der Waals surface area contributed by atoms with Crippen LogP contribution in [-0.4, -0.2) is 49.9 Å². The molecule has 0 fully saturated rings. The number of halogens is 3. The Hall–Kier alpha value is -1.73. The van der Waals surface area contributed by atoms with Crippen LogP contribution in [0.3, 0.4) is 0 Å². The molecule has 0 spiro atoms. The fourth-order valence-electron chi connectivity index (χ4n) is 1.13. The Bertz CT molecular complexity index is 379. The molecule has 1 atom stereocenters. The molecule has 0 heterocycles. The van der Waals surface area contributed by atoms with Crippen molar-refractivity contribution in [3.63, 3.8) is 0 Å². The zero-order valence-corrected chi connectivity index (χ0v) is 11.8. The van der Waals surface area contributed by atoms with Crippen LogP contribution in [0.2, 0.25) is 0 Å². The van der Waals surface area contributed by atoms with Gasteiger partial charge in [0.15, 0.2) is 0 Å². The maximum Gasteiger partial charge on any atom is 0.436 e. The van der Waals surface area contributed by atoms with E-state index in [1.165, 1.54) is 7.05 Å². The summed E-state index contributed by atoms with van der Waals surface area (Å²) in [6.07, 6.45) is -6.83. The van der Waals surface area contributed by atoms with E-state index < -0.39 is 24.3 Å². The van der Waals surface area contributed by atoms with Crippen molar-refractivity contribution < 1.29 is 32.2 Å². The van der Waals surface area contributed by atoms with E-state index in [1.54, 1.807) is 0 Å². The van der Waals surface area contributed by atoms with Crippen molar-refractivity contribution in [3.8, 4) is 0 Å². The topological polar surface area (TPSA) is 55.8 Å². The zero-order chi connectivity index (χ0) is 15.9. The van der Waals surface area contributed by atoms with Crippen molar-refractivity contribution >= 4 is 12.1 Å². The molecular weight excluding hydrogens is 279 g/mol. The lowest BCUT2D eigenvalue weighted by molar-refractivity contribution is -0.217. The smallest absolute Gasteiger partial charge is 0.436 e. The molecule has 0 bridgehead atoms. The summed E-state index contributed by atoms with van der Waals surface area (Å²) in [5.74, 6) is -1.66. The van der Waals surface area contributed by atoms with E-state index in [4.69, 9.17) is 0 Å². The lowest BCUT2D eigenvalue weighted by Gasteiger charge is -2.22. The predicted molar refractivity (Wildman–Crippen MR) is 65.0 cm³/mol. The lowest BCUT2D eigenvalue weighted by atomic mass is 10.2. The predicted octanol–water partition coefficient (Wildman–Crippen LogP) is 2.52. The summed E-state index contributed by atoms with van der Waals surface area (Å²) >= 11 is 0. The Morgan fingerprint density at radius 3 is 2.30 bits per heavy atom. The number of carbonyl (C=O) groups excluding carboxylic acids is 2. The summed E-state index contributed by atoms with van der Waals surface area (Å²) in [5, 5.41) is 0. The standard InChI is InChI=1S/C12H18F3NO4/c1-5-8(2)6-7-16(3)11(18)20-9(10(17)19-4)12(13,14)15/h5,9H,6-7H2,1-4H3. The molecule has 0 aromatic heterocycles. The van der Waals surface area contributed by atoms with Crippen LogP contribution in [0.25, 0.3) is 0 Å². The Labute approximate surface area is 115 Å². The molecule has 1 unspecified atom stereocenters. The molecule has 5 nitrogen and oxygen atoms in total. The molecule has 0 aromatic carbocycles. The molecule has 0 N–H and O–H groups in total. The fourth-order valence-corrected chi connectivity index (χ4v) is 1.13. The van der Waals surface area contributed by atoms with Crippen molar-refractivity contribution in [2.24, 2.45) is 0 Å². The van der Waals surface area contributed by atoms with Gasteiger partial charge in [-0.3, -0.25) is 0 Å². The molecule has 0 saturated carbocycles. The Kier molecular flexibility index (Phi) is 7.09. The first-order valence-corrected chi connectivity index (χ1v) is 5.81. The average Bonchev–Trinajstić information content (AvgIpc) is 2.38. The first-order chi connectivity index (χ1) is 9.13. The largest absolute Gasteiger partial charge is 0.466 e. The minimum absolute atomic E-state index is 0.181. The number of hydrogen-bond acceptors (Lipinski definition) is 4. The van der Waals surface area contributed by atoms with Gasteiger partial charge in [-0.2, -0.15) is 13.2 Å². The molecule has 1 amide bonds. The van der Waals surface area contributed by atoms with Gasteiger partial charge in [0.25, 0.3) is 6.10 Å². The summed E-state index contributed by atoms with van der Waals surface area (Å²) < 4.78 is 45.8. The van der Waals surface area contributed by atoms with Crippen LogP contribution in [0.1, 0.15) is 20.3 Å². The van der Waals surface area contributed by atoms with E-state index in [-0.39, 0.29) is 6.54 Å². The van der Waals surface area contributed by atoms with Crippen LogP contribution in [-0.2, 0) is 14.3 Å². The summed E-state index contributed by atoms with van der Waals surface area (Å²) in [5.41, 5.74) is 0.977. The van der Waals surface area contributed by atoms with Crippen molar-refractivity contribution in [3.05, 3.63) is 11.6 Å². The number of amides is 1. The van der Waals surface area contributed by atoms with Gasteiger partial charge >= 0.3 is 18.2 Å². The molecule has 0 aromatic rings. The third kappa shape index (κ3) is 5.94. The van der Waals surface area contributed by atoms with Crippen molar-refractivity contribution in [2.75, 3.05) is 20.7 Å². The highest BCUT2D eigenvalue weighted by atomic mass is 19.4. The number of allylic oxidation sites excluding steroid dienone is 1. The average molecular weight is 297 g/mol. The van der Waals surface area contributed by atoms with Gasteiger partial charge in [0, 0.05) is 13.6 Å². The molecule has 0 rings (SSSR count). The normalized spacial score (nSPS) is 13.7. The first kappa shape index (κ1) is 18.3. The molecule has 116 valence electrons. The second-order valence-electron chi connectivity index (χ2n) is 4.14. The highest BCUT2D eigenvalue weighted by Crippen LogP contribution is 2.24. The number of esters is 1. The first-order valence-electron chi connectivity index (χ1n) is 5.81. The number of ether oxygens (including phenoxy) is 2. The van der Waals surface area contributed by atoms with Gasteiger partial charge in [0.2, 0.25) is 0 Å². The third-order valence-electron chi connectivity index (χ3n) is 2.58. The van der Waals surface area contributed by atoms with Gasteiger partial charge in [0.1, 0.15) is 0 Å². The monoisotopic (exact) mass is 297 g/mol. The highest BCUT2D eigenvalue weighted by molar-refractivity contribution is 5.79. The summed E-state index contributed by atoms with van der Waals surface area (Å²) in [4.78, 5) is 23.4.